The first kappa shape index (κ1) is 29.7. The molecule has 1 aliphatic rings. The van der Waals surface area contributed by atoms with Crippen molar-refractivity contribution in [2.75, 3.05) is 5.32 Å². The van der Waals surface area contributed by atoms with Crippen LogP contribution in [0, 0.1) is 11.3 Å². The van der Waals surface area contributed by atoms with Gasteiger partial charge in [0.2, 0.25) is 0 Å². The molecule has 0 fully saturated rings. The zero-order valence-corrected chi connectivity index (χ0v) is 26.2. The molecular weight excluding hydrogens is 595 g/mol. The molecule has 1 aromatic heterocycles. The molecule has 1 atom stereocenters. The van der Waals surface area contributed by atoms with Crippen LogP contribution in [0.2, 0.25) is 15.1 Å². The highest BCUT2D eigenvalue weighted by molar-refractivity contribution is 7.16. The number of amides is 1. The van der Waals surface area contributed by atoms with E-state index in [-0.39, 0.29) is 11.3 Å². The summed E-state index contributed by atoms with van der Waals surface area (Å²) in [5.41, 5.74) is 4.56. The van der Waals surface area contributed by atoms with Gasteiger partial charge in [-0.25, -0.2) is 4.99 Å². The van der Waals surface area contributed by atoms with Crippen LogP contribution in [0.4, 0.5) is 10.7 Å². The van der Waals surface area contributed by atoms with E-state index in [0.29, 0.717) is 38.8 Å². The smallest absolute Gasteiger partial charge is 0.259 e. The molecule has 8 heteroatoms. The zero-order chi connectivity index (χ0) is 29.1. The number of anilines is 1. The second-order valence-corrected chi connectivity index (χ2v) is 13.6. The molecule has 0 radical (unpaired) electrons. The third-order valence-electron chi connectivity index (χ3n) is 7.40. The van der Waals surface area contributed by atoms with Crippen molar-refractivity contribution in [3.63, 3.8) is 0 Å². The molecule has 0 unspecified atom stereocenters. The molecule has 212 valence electrons. The Hall–Kier alpha value is -2.83. The molecule has 1 N–H and O–H groups in total. The lowest BCUT2D eigenvalue weighted by molar-refractivity contribution is 0.102. The molecule has 0 saturated heterocycles. The van der Waals surface area contributed by atoms with Crippen LogP contribution >= 0.6 is 46.1 Å². The third kappa shape index (κ3) is 7.34. The molecule has 0 bridgehead atoms. The number of nitrogens with one attached hydrogen (secondary N) is 1. The van der Waals surface area contributed by atoms with Crippen molar-refractivity contribution in [3.8, 4) is 5.75 Å². The van der Waals surface area contributed by atoms with E-state index in [4.69, 9.17) is 44.5 Å². The molecular formula is C33H31Cl3N2O2S. The van der Waals surface area contributed by atoms with Gasteiger partial charge in [-0.05, 0) is 108 Å². The summed E-state index contributed by atoms with van der Waals surface area (Å²) in [5.74, 6) is 1.15. The van der Waals surface area contributed by atoms with Crippen molar-refractivity contribution >= 4 is 68.9 Å². The quantitative estimate of drug-likeness (QED) is 0.208. The van der Waals surface area contributed by atoms with E-state index < -0.39 is 0 Å². The van der Waals surface area contributed by atoms with Gasteiger partial charge in [0.1, 0.15) is 17.4 Å². The van der Waals surface area contributed by atoms with Crippen LogP contribution in [-0.4, -0.2) is 12.1 Å². The average molecular weight is 626 g/mol. The standard InChI is InChI=1S/C33H31Cl3N2O2S/c1-33(2,3)22-7-14-26-29(17-22)41-32(30(26)31(39)38-24-10-8-23(34)9-11-24)37-18-20-4-12-25(13-5-20)40-19-21-6-15-27(35)28(36)16-21/h4-6,8-13,15-16,18,22H,7,14,17,19H2,1-3H3,(H,38,39)/t22-/m1/s1. The van der Waals surface area contributed by atoms with Gasteiger partial charge < -0.3 is 10.1 Å². The number of ether oxygens (including phenoxy) is 1. The number of nitrogens with zero attached hydrogens (tertiary/aromatic N) is 1. The van der Waals surface area contributed by atoms with Gasteiger partial charge in [0.25, 0.3) is 5.91 Å². The van der Waals surface area contributed by atoms with E-state index in [1.54, 1.807) is 41.8 Å². The number of carbonyl (C=O) groups excluding carboxylic acids is 1. The molecule has 3 aromatic carbocycles. The summed E-state index contributed by atoms with van der Waals surface area (Å²) in [6.45, 7) is 7.26. The number of carbonyl (C=O) groups is 1. The SMILES string of the molecule is CC(C)(C)[C@@H]1CCc2c(sc(N=Cc3ccc(OCc4ccc(Cl)c(Cl)c4)cc3)c2C(=O)Nc2ccc(Cl)cc2)C1. The van der Waals surface area contributed by atoms with Crippen LogP contribution in [0.5, 0.6) is 5.75 Å². The normalized spacial score (nSPS) is 15.1. The largest absolute Gasteiger partial charge is 0.489 e. The number of hydrogen-bond donors (Lipinski definition) is 1. The van der Waals surface area contributed by atoms with Gasteiger partial charge in [-0.1, -0.05) is 61.6 Å². The van der Waals surface area contributed by atoms with Crippen molar-refractivity contribution in [1.29, 1.82) is 0 Å². The molecule has 1 aliphatic carbocycles. The lowest BCUT2D eigenvalue weighted by Crippen LogP contribution is -2.27. The lowest BCUT2D eigenvalue weighted by Gasteiger charge is -2.33. The maximum atomic E-state index is 13.6. The predicted molar refractivity (Wildman–Crippen MR) is 173 cm³/mol. The van der Waals surface area contributed by atoms with Gasteiger partial charge in [-0.2, -0.15) is 0 Å². The fraction of sp³-hybridized carbons (Fsp3) is 0.273. The first-order chi connectivity index (χ1) is 19.6. The van der Waals surface area contributed by atoms with Crippen molar-refractivity contribution in [3.05, 3.63) is 109 Å². The topological polar surface area (TPSA) is 50.7 Å². The fourth-order valence-corrected chi connectivity index (χ4v) is 6.66. The first-order valence-corrected chi connectivity index (χ1v) is 15.4. The van der Waals surface area contributed by atoms with Crippen molar-refractivity contribution in [1.82, 2.24) is 0 Å². The van der Waals surface area contributed by atoms with Gasteiger partial charge in [-0.3, -0.25) is 4.79 Å². The summed E-state index contributed by atoms with van der Waals surface area (Å²) < 4.78 is 5.91. The van der Waals surface area contributed by atoms with Crippen LogP contribution in [0.1, 0.15) is 59.1 Å². The number of fused-ring (bicyclic) bond motifs is 1. The predicted octanol–water partition coefficient (Wildman–Crippen LogP) is 10.4. The Kier molecular flexibility index (Phi) is 9.10. The summed E-state index contributed by atoms with van der Waals surface area (Å²) in [4.78, 5) is 19.7. The molecule has 0 aliphatic heterocycles. The second kappa shape index (κ2) is 12.6. The Bertz CT molecular complexity index is 1570. The summed E-state index contributed by atoms with van der Waals surface area (Å²) >= 11 is 19.8. The Balaban J connectivity index is 1.35. The summed E-state index contributed by atoms with van der Waals surface area (Å²) in [6, 6.07) is 20.3. The molecule has 4 aromatic rings. The van der Waals surface area contributed by atoms with Crippen LogP contribution in [-0.2, 0) is 19.4 Å². The van der Waals surface area contributed by atoms with E-state index >= 15 is 0 Å². The molecule has 4 nitrogen and oxygen atoms in total. The Morgan fingerprint density at radius 2 is 1.76 bits per heavy atom. The summed E-state index contributed by atoms with van der Waals surface area (Å²) in [7, 11) is 0. The van der Waals surface area contributed by atoms with E-state index in [9.17, 15) is 4.79 Å². The van der Waals surface area contributed by atoms with Crippen LogP contribution in [0.25, 0.3) is 0 Å². The number of halogens is 3. The van der Waals surface area contributed by atoms with Crippen molar-refractivity contribution in [2.45, 2.75) is 46.6 Å². The van der Waals surface area contributed by atoms with Gasteiger partial charge in [-0.15, -0.1) is 11.3 Å². The van der Waals surface area contributed by atoms with E-state index in [1.807, 2.05) is 42.5 Å². The minimum Gasteiger partial charge on any atom is -0.489 e. The van der Waals surface area contributed by atoms with Crippen LogP contribution < -0.4 is 10.1 Å². The van der Waals surface area contributed by atoms with Crippen LogP contribution in [0.3, 0.4) is 0 Å². The zero-order valence-electron chi connectivity index (χ0n) is 23.1. The number of rotatable bonds is 7. The Morgan fingerprint density at radius 1 is 1.02 bits per heavy atom. The monoisotopic (exact) mass is 624 g/mol. The highest BCUT2D eigenvalue weighted by atomic mass is 35.5. The average Bonchev–Trinajstić information content (AvgIpc) is 3.32. The molecule has 1 heterocycles. The molecule has 1 amide bonds. The maximum absolute atomic E-state index is 13.6. The van der Waals surface area contributed by atoms with Gasteiger partial charge in [0.05, 0.1) is 15.6 Å². The number of benzene rings is 3. The summed E-state index contributed by atoms with van der Waals surface area (Å²) in [6.07, 6.45) is 4.70. The Morgan fingerprint density at radius 3 is 2.44 bits per heavy atom. The fourth-order valence-electron chi connectivity index (χ4n) is 4.94. The Labute approximate surface area is 260 Å². The van der Waals surface area contributed by atoms with E-state index in [1.165, 1.54) is 4.88 Å². The number of aliphatic imine (C=N–C) groups is 1. The summed E-state index contributed by atoms with van der Waals surface area (Å²) in [5, 5.41) is 5.43. The lowest BCUT2D eigenvalue weighted by atomic mass is 9.72. The molecule has 41 heavy (non-hydrogen) atoms. The molecule has 0 spiro atoms. The molecule has 5 rings (SSSR count). The number of hydrogen-bond acceptors (Lipinski definition) is 4. The van der Waals surface area contributed by atoms with Gasteiger partial charge in [0, 0.05) is 21.8 Å². The minimum atomic E-state index is -0.141. The highest BCUT2D eigenvalue weighted by Gasteiger charge is 2.33. The number of thiophene rings is 1. The van der Waals surface area contributed by atoms with Gasteiger partial charge in [0.15, 0.2) is 0 Å². The van der Waals surface area contributed by atoms with Crippen molar-refractivity contribution < 1.29 is 9.53 Å². The van der Waals surface area contributed by atoms with E-state index in [2.05, 4.69) is 26.1 Å². The van der Waals surface area contributed by atoms with Crippen LogP contribution in [0.15, 0.2) is 71.7 Å². The second-order valence-electron chi connectivity index (χ2n) is 11.3. The highest BCUT2D eigenvalue weighted by Crippen LogP contribution is 2.45. The van der Waals surface area contributed by atoms with Crippen molar-refractivity contribution in [2.24, 2.45) is 16.3 Å². The first-order valence-electron chi connectivity index (χ1n) is 13.5. The van der Waals surface area contributed by atoms with Gasteiger partial charge >= 0.3 is 0 Å². The third-order valence-corrected chi connectivity index (χ3v) is 9.55. The van der Waals surface area contributed by atoms with E-state index in [0.717, 1.165) is 46.7 Å². The molecule has 0 saturated carbocycles. The maximum Gasteiger partial charge on any atom is 0.259 e. The minimum absolute atomic E-state index is 0.141.